The first-order valence-corrected chi connectivity index (χ1v) is 6.62. The molecule has 0 heterocycles. The Morgan fingerprint density at radius 3 is 1.94 bits per heavy atom. The van der Waals surface area contributed by atoms with Crippen molar-refractivity contribution in [2.45, 2.75) is 6.92 Å². The third-order valence-corrected chi connectivity index (χ3v) is 2.10. The average Bonchev–Trinajstić information content (AvgIpc) is 2.34. The number of hydrogen-bond acceptors (Lipinski definition) is 5. The van der Waals surface area contributed by atoms with Crippen molar-refractivity contribution in [2.24, 2.45) is 0 Å². The van der Waals surface area contributed by atoms with Crippen LogP contribution in [0.5, 0.6) is 0 Å². The van der Waals surface area contributed by atoms with E-state index in [0.717, 1.165) is 13.1 Å². The van der Waals surface area contributed by atoms with Crippen LogP contribution in [0, 0.1) is 0 Å². The van der Waals surface area contributed by atoms with Crippen molar-refractivity contribution in [3.63, 3.8) is 0 Å². The maximum atomic E-state index is 10.4. The van der Waals surface area contributed by atoms with Crippen LogP contribution in [0.1, 0.15) is 6.92 Å². The van der Waals surface area contributed by atoms with E-state index in [9.17, 15) is 4.79 Å². The molecule has 0 aliphatic heterocycles. The van der Waals surface area contributed by atoms with E-state index in [0.29, 0.717) is 46.2 Å². The van der Waals surface area contributed by atoms with Gasteiger partial charge in [-0.25, -0.2) is 0 Å². The number of ether oxygens (including phenoxy) is 3. The molecule has 0 fully saturated rings. The number of hydrogen-bond donors (Lipinski definition) is 3. The zero-order valence-electron chi connectivity index (χ0n) is 10.9. The van der Waals surface area contributed by atoms with Gasteiger partial charge in [-0.05, 0) is 6.54 Å². The second kappa shape index (κ2) is 14.7. The van der Waals surface area contributed by atoms with Crippen molar-refractivity contribution in [1.82, 2.24) is 10.6 Å². The van der Waals surface area contributed by atoms with Crippen LogP contribution in [0.2, 0.25) is 0 Å². The predicted molar refractivity (Wildman–Crippen MR) is 73.4 cm³/mol. The third-order valence-electron chi connectivity index (χ3n) is 1.94. The first-order chi connectivity index (χ1) is 8.77. The van der Waals surface area contributed by atoms with Gasteiger partial charge in [-0.3, -0.25) is 4.79 Å². The van der Waals surface area contributed by atoms with Gasteiger partial charge in [0.2, 0.25) is 0 Å². The lowest BCUT2D eigenvalue weighted by atomic mass is 10.6. The number of amides is 1. The SMILES string of the molecule is CCNCCOCCOCCOCCNC(=O)S. The van der Waals surface area contributed by atoms with Crippen LogP contribution in [0.25, 0.3) is 0 Å². The fourth-order valence-electron chi connectivity index (χ4n) is 1.09. The van der Waals surface area contributed by atoms with Crippen molar-refractivity contribution in [1.29, 1.82) is 0 Å². The highest BCUT2D eigenvalue weighted by atomic mass is 32.1. The Morgan fingerprint density at radius 1 is 0.944 bits per heavy atom. The molecule has 0 aliphatic rings. The molecule has 0 unspecified atom stereocenters. The molecule has 18 heavy (non-hydrogen) atoms. The molecule has 2 N–H and O–H groups in total. The highest BCUT2D eigenvalue weighted by molar-refractivity contribution is 7.96. The normalized spacial score (nSPS) is 10.6. The van der Waals surface area contributed by atoms with Crippen molar-refractivity contribution in [2.75, 3.05) is 59.3 Å². The largest absolute Gasteiger partial charge is 0.378 e. The molecule has 0 aromatic rings. The number of nitrogens with one attached hydrogen (secondary N) is 2. The zero-order chi connectivity index (χ0) is 13.5. The molecule has 1 amide bonds. The van der Waals surface area contributed by atoms with E-state index >= 15 is 0 Å². The number of likely N-dealkylation sites (N-methyl/N-ethyl adjacent to an activating group) is 1. The van der Waals surface area contributed by atoms with Gasteiger partial charge < -0.3 is 24.8 Å². The lowest BCUT2D eigenvalue weighted by Crippen LogP contribution is -2.23. The second-order valence-electron chi connectivity index (χ2n) is 3.42. The van der Waals surface area contributed by atoms with Crippen LogP contribution in [0.15, 0.2) is 0 Å². The Kier molecular flexibility index (Phi) is 14.4. The Balaban J connectivity index is 2.92. The van der Waals surface area contributed by atoms with E-state index in [4.69, 9.17) is 14.2 Å². The summed E-state index contributed by atoms with van der Waals surface area (Å²) < 4.78 is 15.8. The first-order valence-electron chi connectivity index (χ1n) is 6.18. The molecule has 0 bridgehead atoms. The van der Waals surface area contributed by atoms with Gasteiger partial charge in [-0.2, -0.15) is 0 Å². The topological polar surface area (TPSA) is 68.8 Å². The van der Waals surface area contributed by atoms with Crippen LogP contribution in [0.3, 0.4) is 0 Å². The maximum absolute atomic E-state index is 10.4. The summed E-state index contributed by atoms with van der Waals surface area (Å²) in [5.74, 6) is 0. The molecular formula is C11H24N2O4S. The standard InChI is InChI=1S/C11H24N2O4S/c1-2-12-3-5-15-7-9-17-10-8-16-6-4-13-11(14)18/h12H,2-10H2,1H3,(H2,13,14,18). The van der Waals surface area contributed by atoms with Crippen molar-refractivity contribution < 1.29 is 19.0 Å². The number of thiol groups is 1. The van der Waals surface area contributed by atoms with Gasteiger partial charge in [0.15, 0.2) is 0 Å². The Labute approximate surface area is 114 Å². The molecule has 0 rings (SSSR count). The highest BCUT2D eigenvalue weighted by Gasteiger charge is 1.93. The highest BCUT2D eigenvalue weighted by Crippen LogP contribution is 1.81. The summed E-state index contributed by atoms with van der Waals surface area (Å²) in [6.07, 6.45) is 0. The van der Waals surface area contributed by atoms with Gasteiger partial charge in [0.25, 0.3) is 5.24 Å². The van der Waals surface area contributed by atoms with Gasteiger partial charge in [-0.1, -0.05) is 19.6 Å². The summed E-state index contributed by atoms with van der Waals surface area (Å²) in [7, 11) is 0. The lowest BCUT2D eigenvalue weighted by molar-refractivity contribution is 0.0161. The van der Waals surface area contributed by atoms with E-state index in [1.807, 2.05) is 0 Å². The fraction of sp³-hybridized carbons (Fsp3) is 0.909. The summed E-state index contributed by atoms with van der Waals surface area (Å²) in [6, 6.07) is 0. The molecule has 0 saturated carbocycles. The fourth-order valence-corrected chi connectivity index (χ4v) is 1.20. The Morgan fingerprint density at radius 2 is 1.44 bits per heavy atom. The molecule has 0 atom stereocenters. The summed E-state index contributed by atoms with van der Waals surface area (Å²) in [6.45, 7) is 7.75. The van der Waals surface area contributed by atoms with E-state index < -0.39 is 0 Å². The molecule has 6 nitrogen and oxygen atoms in total. The molecule has 0 aliphatic carbocycles. The lowest BCUT2D eigenvalue weighted by Gasteiger charge is -2.07. The first kappa shape index (κ1) is 17.7. The summed E-state index contributed by atoms with van der Waals surface area (Å²) in [4.78, 5) is 10.4. The minimum absolute atomic E-state index is 0.343. The molecule has 7 heteroatoms. The molecule has 0 aromatic heterocycles. The zero-order valence-corrected chi connectivity index (χ0v) is 11.8. The number of carbonyl (C=O) groups is 1. The average molecular weight is 280 g/mol. The maximum Gasteiger partial charge on any atom is 0.276 e. The van der Waals surface area contributed by atoms with Crippen LogP contribution in [-0.2, 0) is 14.2 Å². The minimum atomic E-state index is -0.343. The van der Waals surface area contributed by atoms with E-state index in [1.165, 1.54) is 0 Å². The molecule has 0 spiro atoms. The monoisotopic (exact) mass is 280 g/mol. The van der Waals surface area contributed by atoms with Crippen molar-refractivity contribution in [3.05, 3.63) is 0 Å². The van der Waals surface area contributed by atoms with Gasteiger partial charge in [-0.15, -0.1) is 0 Å². The van der Waals surface area contributed by atoms with Crippen LogP contribution in [0.4, 0.5) is 4.79 Å². The van der Waals surface area contributed by atoms with Gasteiger partial charge >= 0.3 is 0 Å². The Hall–Kier alpha value is -0.340. The van der Waals surface area contributed by atoms with E-state index in [1.54, 1.807) is 0 Å². The molecule has 0 radical (unpaired) electrons. The molecular weight excluding hydrogens is 256 g/mol. The smallest absolute Gasteiger partial charge is 0.276 e. The number of rotatable bonds is 13. The summed E-state index contributed by atoms with van der Waals surface area (Å²) in [5, 5.41) is 5.34. The quantitative estimate of drug-likeness (QED) is 0.334. The van der Waals surface area contributed by atoms with Gasteiger partial charge in [0.1, 0.15) is 0 Å². The van der Waals surface area contributed by atoms with Gasteiger partial charge in [0, 0.05) is 13.1 Å². The van der Waals surface area contributed by atoms with E-state index in [2.05, 4.69) is 30.2 Å². The van der Waals surface area contributed by atoms with E-state index in [-0.39, 0.29) is 5.24 Å². The van der Waals surface area contributed by atoms with Crippen molar-refractivity contribution in [3.8, 4) is 0 Å². The van der Waals surface area contributed by atoms with Crippen LogP contribution in [-0.4, -0.2) is 64.5 Å². The molecule has 108 valence electrons. The van der Waals surface area contributed by atoms with Crippen molar-refractivity contribution >= 4 is 17.9 Å². The predicted octanol–water partition coefficient (Wildman–Crippen LogP) is 0.285. The molecule has 0 saturated heterocycles. The summed E-state index contributed by atoms with van der Waals surface area (Å²) in [5.41, 5.74) is 0. The second-order valence-corrected chi connectivity index (χ2v) is 3.83. The third kappa shape index (κ3) is 15.7. The Bertz CT molecular complexity index is 196. The minimum Gasteiger partial charge on any atom is -0.378 e. The van der Waals surface area contributed by atoms with Crippen LogP contribution < -0.4 is 10.6 Å². The number of carbonyl (C=O) groups excluding carboxylic acids is 1. The molecule has 0 aromatic carbocycles. The van der Waals surface area contributed by atoms with Gasteiger partial charge in [0.05, 0.1) is 39.6 Å². The summed E-state index contributed by atoms with van der Waals surface area (Å²) >= 11 is 3.56. The van der Waals surface area contributed by atoms with Crippen LogP contribution >= 0.6 is 12.6 Å².